The molecular weight excluding hydrogens is 394 g/mol. The van der Waals surface area contributed by atoms with Crippen LogP contribution in [-0.2, 0) is 11.8 Å². The molecule has 0 bridgehead atoms. The molecule has 2 aromatic rings. The number of aryl methyl sites for hydroxylation is 1. The highest BCUT2D eigenvalue weighted by Gasteiger charge is 2.54. The minimum atomic E-state index is -4.68. The summed E-state index contributed by atoms with van der Waals surface area (Å²) in [5, 5.41) is 0.352. The molecule has 0 aromatic heterocycles. The van der Waals surface area contributed by atoms with Crippen molar-refractivity contribution in [2.75, 3.05) is 7.11 Å². The van der Waals surface area contributed by atoms with Gasteiger partial charge in [-0.25, -0.2) is 4.39 Å². The highest BCUT2D eigenvalue weighted by molar-refractivity contribution is 6.30. The van der Waals surface area contributed by atoms with Gasteiger partial charge in [0.05, 0.1) is 7.11 Å². The number of alkyl halides is 3. The Kier molecular flexibility index (Phi) is 6.36. The van der Waals surface area contributed by atoms with Crippen LogP contribution in [0.1, 0.15) is 37.0 Å². The van der Waals surface area contributed by atoms with Crippen LogP contribution in [0, 0.1) is 12.7 Å². The zero-order valence-corrected chi connectivity index (χ0v) is 17.0. The van der Waals surface area contributed by atoms with Gasteiger partial charge in [0, 0.05) is 10.6 Å². The van der Waals surface area contributed by atoms with Crippen molar-refractivity contribution in [1.82, 2.24) is 0 Å². The van der Waals surface area contributed by atoms with E-state index in [0.29, 0.717) is 21.9 Å². The Morgan fingerprint density at radius 1 is 1.07 bits per heavy atom. The highest BCUT2D eigenvalue weighted by Crippen LogP contribution is 2.44. The molecule has 0 heterocycles. The van der Waals surface area contributed by atoms with Crippen LogP contribution in [0.25, 0.3) is 0 Å². The van der Waals surface area contributed by atoms with E-state index >= 15 is 0 Å². The third-order valence-electron chi connectivity index (χ3n) is 4.83. The van der Waals surface area contributed by atoms with Crippen molar-refractivity contribution in [1.29, 1.82) is 0 Å². The number of rotatable bonds is 6. The van der Waals surface area contributed by atoms with Crippen molar-refractivity contribution in [3.63, 3.8) is 0 Å². The first-order valence-electron chi connectivity index (χ1n) is 8.73. The molecule has 2 nitrogen and oxygen atoms in total. The first kappa shape index (κ1) is 22.5. The molecule has 2 rings (SSSR count). The van der Waals surface area contributed by atoms with Crippen LogP contribution in [0.4, 0.5) is 17.6 Å². The normalized spacial score (nSPS) is 14.6. The fourth-order valence-corrected chi connectivity index (χ4v) is 3.95. The van der Waals surface area contributed by atoms with Gasteiger partial charge in [0.1, 0.15) is 17.1 Å². The molecule has 0 aliphatic carbocycles. The van der Waals surface area contributed by atoms with Gasteiger partial charge in [0.25, 0.3) is 0 Å². The standard InChI is InChI=1S/C21H24ClF4NO/c1-13-7-14(9-15(22)8-13)11-20(27,21(24,25)26)12-19(2,3)17-10-16(23)5-6-18(17)28-4/h5-10H,11-12,27H2,1-4H3. The summed E-state index contributed by atoms with van der Waals surface area (Å²) in [6.45, 7) is 4.95. The number of nitrogens with two attached hydrogens (primary N) is 1. The summed E-state index contributed by atoms with van der Waals surface area (Å²) < 4.78 is 61.1. The van der Waals surface area contributed by atoms with E-state index in [1.165, 1.54) is 31.4 Å². The average molecular weight is 418 g/mol. The van der Waals surface area contributed by atoms with Gasteiger partial charge in [-0.3, -0.25) is 0 Å². The van der Waals surface area contributed by atoms with E-state index in [2.05, 4.69) is 0 Å². The van der Waals surface area contributed by atoms with Gasteiger partial charge in [0.2, 0.25) is 0 Å². The average Bonchev–Trinajstić information content (AvgIpc) is 2.52. The van der Waals surface area contributed by atoms with Gasteiger partial charge in [0.15, 0.2) is 0 Å². The highest BCUT2D eigenvalue weighted by atomic mass is 35.5. The number of halogens is 5. The summed E-state index contributed by atoms with van der Waals surface area (Å²) >= 11 is 6.00. The molecule has 0 aliphatic rings. The van der Waals surface area contributed by atoms with Crippen molar-refractivity contribution < 1.29 is 22.3 Å². The molecule has 0 aliphatic heterocycles. The van der Waals surface area contributed by atoms with Crippen LogP contribution < -0.4 is 10.5 Å². The molecule has 1 atom stereocenters. The molecule has 0 fully saturated rings. The van der Waals surface area contributed by atoms with E-state index in [1.807, 2.05) is 0 Å². The third-order valence-corrected chi connectivity index (χ3v) is 5.05. The summed E-state index contributed by atoms with van der Waals surface area (Å²) in [6.07, 6.45) is -5.59. The molecule has 0 amide bonds. The molecule has 0 saturated carbocycles. The second-order valence-electron chi connectivity index (χ2n) is 7.87. The lowest BCUT2D eigenvalue weighted by Crippen LogP contribution is -2.58. The van der Waals surface area contributed by atoms with E-state index in [0.717, 1.165) is 5.56 Å². The lowest BCUT2D eigenvalue weighted by Gasteiger charge is -2.39. The first-order chi connectivity index (χ1) is 12.8. The topological polar surface area (TPSA) is 35.2 Å². The molecule has 0 saturated heterocycles. The number of methoxy groups -OCH3 is 1. The lowest BCUT2D eigenvalue weighted by molar-refractivity contribution is -0.191. The van der Waals surface area contributed by atoms with Crippen LogP contribution >= 0.6 is 11.6 Å². The molecule has 154 valence electrons. The van der Waals surface area contributed by atoms with Gasteiger partial charge >= 0.3 is 6.18 Å². The van der Waals surface area contributed by atoms with E-state index in [4.69, 9.17) is 22.1 Å². The van der Waals surface area contributed by atoms with E-state index in [1.54, 1.807) is 32.9 Å². The van der Waals surface area contributed by atoms with Gasteiger partial charge in [-0.15, -0.1) is 0 Å². The predicted molar refractivity (Wildman–Crippen MR) is 103 cm³/mol. The first-order valence-corrected chi connectivity index (χ1v) is 9.11. The molecule has 1 unspecified atom stereocenters. The summed E-state index contributed by atoms with van der Waals surface area (Å²) in [5.41, 5.74) is 3.79. The van der Waals surface area contributed by atoms with Crippen molar-refractivity contribution in [2.24, 2.45) is 5.73 Å². The maximum Gasteiger partial charge on any atom is 0.406 e. The molecule has 7 heteroatoms. The van der Waals surface area contributed by atoms with E-state index < -0.39 is 35.8 Å². The molecule has 0 spiro atoms. The number of ether oxygens (including phenoxy) is 1. The Labute approximate surface area is 167 Å². The molecular formula is C21H24ClF4NO. The number of benzene rings is 2. The minimum Gasteiger partial charge on any atom is -0.496 e. The van der Waals surface area contributed by atoms with Crippen LogP contribution in [-0.4, -0.2) is 18.8 Å². The second kappa shape index (κ2) is 7.91. The van der Waals surface area contributed by atoms with Crippen molar-refractivity contribution in [3.8, 4) is 5.75 Å². The van der Waals surface area contributed by atoms with Crippen molar-refractivity contribution >= 4 is 11.6 Å². The van der Waals surface area contributed by atoms with E-state index in [-0.39, 0.29) is 0 Å². The van der Waals surface area contributed by atoms with Crippen molar-refractivity contribution in [3.05, 3.63) is 63.9 Å². The number of hydrogen-bond acceptors (Lipinski definition) is 2. The van der Waals surface area contributed by atoms with Gasteiger partial charge in [-0.2, -0.15) is 13.2 Å². The monoisotopic (exact) mass is 417 g/mol. The molecule has 0 radical (unpaired) electrons. The Bertz CT molecular complexity index is 831. The smallest absolute Gasteiger partial charge is 0.406 e. The zero-order valence-electron chi connectivity index (χ0n) is 16.3. The zero-order chi connectivity index (χ0) is 21.3. The predicted octanol–water partition coefficient (Wildman–Crippen LogP) is 5.97. The van der Waals surface area contributed by atoms with Gasteiger partial charge in [-0.1, -0.05) is 31.5 Å². The Balaban J connectivity index is 2.47. The van der Waals surface area contributed by atoms with E-state index in [9.17, 15) is 17.6 Å². The fraction of sp³-hybridized carbons (Fsp3) is 0.429. The van der Waals surface area contributed by atoms with Crippen LogP contribution in [0.2, 0.25) is 5.02 Å². The van der Waals surface area contributed by atoms with Crippen LogP contribution in [0.3, 0.4) is 0 Å². The number of hydrogen-bond donors (Lipinski definition) is 1. The Morgan fingerprint density at radius 2 is 1.71 bits per heavy atom. The quantitative estimate of drug-likeness (QED) is 0.588. The molecule has 2 N–H and O–H groups in total. The van der Waals surface area contributed by atoms with Crippen molar-refractivity contribution in [2.45, 2.75) is 50.7 Å². The molecule has 2 aromatic carbocycles. The van der Waals surface area contributed by atoms with Gasteiger partial charge in [-0.05, 0) is 66.6 Å². The maximum atomic E-state index is 14.0. The SMILES string of the molecule is COc1ccc(F)cc1C(C)(C)CC(N)(Cc1cc(C)cc(Cl)c1)C(F)(F)F. The summed E-state index contributed by atoms with van der Waals surface area (Å²) in [7, 11) is 1.39. The Hall–Kier alpha value is -1.79. The summed E-state index contributed by atoms with van der Waals surface area (Å²) in [4.78, 5) is 0. The van der Waals surface area contributed by atoms with Crippen LogP contribution in [0.15, 0.2) is 36.4 Å². The molecule has 28 heavy (non-hydrogen) atoms. The van der Waals surface area contributed by atoms with Crippen LogP contribution in [0.5, 0.6) is 5.75 Å². The lowest BCUT2D eigenvalue weighted by atomic mass is 9.71. The Morgan fingerprint density at radius 3 is 2.25 bits per heavy atom. The fourth-order valence-electron chi connectivity index (χ4n) is 3.63. The third kappa shape index (κ3) is 4.97. The largest absolute Gasteiger partial charge is 0.496 e. The summed E-state index contributed by atoms with van der Waals surface area (Å²) in [6, 6.07) is 8.58. The summed E-state index contributed by atoms with van der Waals surface area (Å²) in [5.74, 6) is -0.238. The maximum absolute atomic E-state index is 14.0. The second-order valence-corrected chi connectivity index (χ2v) is 8.31. The minimum absolute atomic E-state index is 0.314. The van der Waals surface area contributed by atoms with Gasteiger partial charge < -0.3 is 10.5 Å².